The van der Waals surface area contributed by atoms with Crippen LogP contribution >= 0.6 is 0 Å². The zero-order valence-corrected chi connectivity index (χ0v) is 9.97. The summed E-state index contributed by atoms with van der Waals surface area (Å²) in [5.74, 6) is 1.23. The summed E-state index contributed by atoms with van der Waals surface area (Å²) in [5, 5.41) is 21.8. The summed E-state index contributed by atoms with van der Waals surface area (Å²) in [6.07, 6.45) is 5.59. The molecular weight excluding hydrogens is 216 g/mol. The number of hydrogen-bond donors (Lipinski definition) is 2. The molecule has 7 atom stereocenters. The van der Waals surface area contributed by atoms with Crippen molar-refractivity contribution >= 4 is 0 Å². The van der Waals surface area contributed by atoms with E-state index in [4.69, 9.17) is 4.74 Å². The van der Waals surface area contributed by atoms with Gasteiger partial charge in [0.25, 0.3) is 0 Å². The highest BCUT2D eigenvalue weighted by molar-refractivity contribution is 5.43. The van der Waals surface area contributed by atoms with Crippen LogP contribution in [0.25, 0.3) is 0 Å². The van der Waals surface area contributed by atoms with E-state index in [9.17, 15) is 10.2 Å². The summed E-state index contributed by atoms with van der Waals surface area (Å²) >= 11 is 0. The van der Waals surface area contributed by atoms with E-state index in [0.717, 1.165) is 12.0 Å². The van der Waals surface area contributed by atoms with Crippen LogP contribution in [0.4, 0.5) is 0 Å². The lowest BCUT2D eigenvalue weighted by molar-refractivity contribution is -0.313. The maximum atomic E-state index is 11.0. The normalized spacial score (nSPS) is 62.5. The summed E-state index contributed by atoms with van der Waals surface area (Å²) in [7, 11) is 1.59. The lowest BCUT2D eigenvalue weighted by Crippen LogP contribution is -2.77. The average Bonchev–Trinajstić information content (AvgIpc) is 2.90. The number of rotatable bonds is 1. The van der Waals surface area contributed by atoms with Gasteiger partial charge in [-0.25, -0.2) is 0 Å². The third-order valence-electron chi connectivity index (χ3n) is 5.72. The zero-order valence-electron chi connectivity index (χ0n) is 9.97. The molecule has 17 heavy (non-hydrogen) atoms. The Hall–Kier alpha value is -0.640. The molecule has 3 heteroatoms. The monoisotopic (exact) mass is 234 g/mol. The average molecular weight is 234 g/mol. The quantitative estimate of drug-likeness (QED) is 0.662. The van der Waals surface area contributed by atoms with Crippen molar-refractivity contribution in [2.45, 2.75) is 30.1 Å². The van der Waals surface area contributed by atoms with Gasteiger partial charge in [-0.15, -0.1) is 0 Å². The first-order chi connectivity index (χ1) is 8.04. The van der Waals surface area contributed by atoms with E-state index in [1.165, 1.54) is 0 Å². The molecule has 4 aliphatic rings. The Morgan fingerprint density at radius 1 is 1.29 bits per heavy atom. The van der Waals surface area contributed by atoms with Gasteiger partial charge in [0.15, 0.2) is 0 Å². The molecule has 1 unspecified atom stereocenters. The standard InChI is InChI=1S/C14H18O3/c1-7-6-13(15)10-8-3-4-9(5-8)11(10)14(13,16)12(7)17-2/h3-4,8-12,15-16H,1,5-6H2,2H3/t8-,9+,10-,11+,12?,13-,14-/m0/s1. The Morgan fingerprint density at radius 3 is 2.59 bits per heavy atom. The van der Waals surface area contributed by atoms with Gasteiger partial charge in [-0.1, -0.05) is 18.7 Å². The van der Waals surface area contributed by atoms with Crippen LogP contribution in [-0.2, 0) is 4.74 Å². The van der Waals surface area contributed by atoms with Gasteiger partial charge in [-0.2, -0.15) is 0 Å². The van der Waals surface area contributed by atoms with Crippen LogP contribution in [0, 0.1) is 23.7 Å². The SMILES string of the molecule is C=C1C[C@]2(O)[C@@H]3[C@@H]([C@@H]4C=C[C@H]3C4)[C@]2(O)C1OC. The topological polar surface area (TPSA) is 49.7 Å². The van der Waals surface area contributed by atoms with Gasteiger partial charge < -0.3 is 14.9 Å². The van der Waals surface area contributed by atoms with E-state index in [1.54, 1.807) is 7.11 Å². The largest absolute Gasteiger partial charge is 0.386 e. The van der Waals surface area contributed by atoms with Crippen LogP contribution in [0.1, 0.15) is 12.8 Å². The van der Waals surface area contributed by atoms with E-state index in [0.29, 0.717) is 18.3 Å². The molecule has 0 aliphatic heterocycles. The number of ether oxygens (including phenoxy) is 1. The molecule has 0 aromatic rings. The molecule has 0 heterocycles. The minimum atomic E-state index is -1.10. The van der Waals surface area contributed by atoms with Crippen LogP contribution in [0.5, 0.6) is 0 Å². The van der Waals surface area contributed by atoms with Crippen LogP contribution in [-0.4, -0.2) is 34.6 Å². The van der Waals surface area contributed by atoms with E-state index < -0.39 is 17.3 Å². The smallest absolute Gasteiger partial charge is 0.127 e. The van der Waals surface area contributed by atoms with Crippen molar-refractivity contribution in [2.75, 3.05) is 7.11 Å². The van der Waals surface area contributed by atoms with Crippen molar-refractivity contribution in [1.29, 1.82) is 0 Å². The van der Waals surface area contributed by atoms with Gasteiger partial charge in [0.05, 0.1) is 0 Å². The van der Waals surface area contributed by atoms with Crippen LogP contribution in [0.2, 0.25) is 0 Å². The van der Waals surface area contributed by atoms with Gasteiger partial charge in [0, 0.05) is 25.4 Å². The fourth-order valence-electron chi connectivity index (χ4n) is 5.29. The summed E-state index contributed by atoms with van der Waals surface area (Å²) in [5.41, 5.74) is -1.26. The highest BCUT2D eigenvalue weighted by Crippen LogP contribution is 2.73. The molecule has 0 spiro atoms. The lowest BCUT2D eigenvalue weighted by Gasteiger charge is -2.62. The van der Waals surface area contributed by atoms with E-state index in [-0.39, 0.29) is 11.8 Å². The zero-order chi connectivity index (χ0) is 12.0. The Kier molecular flexibility index (Phi) is 1.63. The lowest BCUT2D eigenvalue weighted by atomic mass is 9.48. The molecule has 0 amide bonds. The third kappa shape index (κ3) is 0.805. The van der Waals surface area contributed by atoms with Gasteiger partial charge in [0.2, 0.25) is 0 Å². The van der Waals surface area contributed by atoms with E-state index in [2.05, 4.69) is 18.7 Å². The second kappa shape index (κ2) is 2.68. The Bertz CT molecular complexity index is 443. The van der Waals surface area contributed by atoms with Crippen LogP contribution < -0.4 is 0 Å². The minimum Gasteiger partial charge on any atom is -0.386 e. The second-order valence-corrected chi connectivity index (χ2v) is 6.20. The highest BCUT2D eigenvalue weighted by Gasteiger charge is 2.82. The first kappa shape index (κ1) is 10.3. The van der Waals surface area contributed by atoms with Gasteiger partial charge in [0.1, 0.15) is 17.3 Å². The summed E-state index contributed by atoms with van der Waals surface area (Å²) in [6, 6.07) is 0. The molecule has 4 aliphatic carbocycles. The molecule has 92 valence electrons. The molecule has 0 saturated heterocycles. The molecule has 4 rings (SSSR count). The molecule has 3 nitrogen and oxygen atoms in total. The fraction of sp³-hybridized carbons (Fsp3) is 0.714. The molecular formula is C14H18O3. The number of fused-ring (bicyclic) bond motifs is 8. The Balaban J connectivity index is 1.84. The first-order valence-corrected chi connectivity index (χ1v) is 6.37. The number of aliphatic hydroxyl groups is 2. The first-order valence-electron chi connectivity index (χ1n) is 6.37. The highest BCUT2D eigenvalue weighted by atomic mass is 16.5. The van der Waals surface area contributed by atoms with Crippen molar-refractivity contribution in [3.63, 3.8) is 0 Å². The molecule has 2 N–H and O–H groups in total. The molecule has 0 aromatic heterocycles. The van der Waals surface area contributed by atoms with Crippen molar-refractivity contribution in [3.05, 3.63) is 24.3 Å². The van der Waals surface area contributed by atoms with Crippen molar-refractivity contribution < 1.29 is 14.9 Å². The Labute approximate surface area is 101 Å². The van der Waals surface area contributed by atoms with Crippen molar-refractivity contribution in [1.82, 2.24) is 0 Å². The summed E-state index contributed by atoms with van der Waals surface area (Å²) in [4.78, 5) is 0. The third-order valence-corrected chi connectivity index (χ3v) is 5.72. The van der Waals surface area contributed by atoms with Crippen LogP contribution in [0.3, 0.4) is 0 Å². The minimum absolute atomic E-state index is 0.159. The summed E-state index contributed by atoms with van der Waals surface area (Å²) in [6.45, 7) is 3.97. The van der Waals surface area contributed by atoms with Gasteiger partial charge >= 0.3 is 0 Å². The van der Waals surface area contributed by atoms with E-state index in [1.807, 2.05) is 0 Å². The molecule has 0 aromatic carbocycles. The molecule has 3 saturated carbocycles. The number of hydrogen-bond acceptors (Lipinski definition) is 3. The second-order valence-electron chi connectivity index (χ2n) is 6.20. The molecule has 0 radical (unpaired) electrons. The predicted octanol–water partition coefficient (Wildman–Crippen LogP) is 0.875. The van der Waals surface area contributed by atoms with Crippen molar-refractivity contribution in [3.8, 4) is 0 Å². The Morgan fingerprint density at radius 2 is 1.94 bits per heavy atom. The van der Waals surface area contributed by atoms with Crippen molar-refractivity contribution in [2.24, 2.45) is 23.7 Å². The molecule has 3 fully saturated rings. The van der Waals surface area contributed by atoms with Gasteiger partial charge in [-0.3, -0.25) is 0 Å². The summed E-state index contributed by atoms with van der Waals surface area (Å²) < 4.78 is 5.41. The predicted molar refractivity (Wildman–Crippen MR) is 62.2 cm³/mol. The number of methoxy groups -OCH3 is 1. The number of allylic oxidation sites excluding steroid dienone is 2. The fourth-order valence-corrected chi connectivity index (χ4v) is 5.29. The molecule has 2 bridgehead atoms. The van der Waals surface area contributed by atoms with E-state index >= 15 is 0 Å². The van der Waals surface area contributed by atoms with Crippen LogP contribution in [0.15, 0.2) is 24.3 Å². The maximum absolute atomic E-state index is 11.0. The van der Waals surface area contributed by atoms with Gasteiger partial charge in [-0.05, 0) is 23.8 Å². The maximum Gasteiger partial charge on any atom is 0.127 e.